The van der Waals surface area contributed by atoms with Gasteiger partial charge in [-0.2, -0.15) is 0 Å². The summed E-state index contributed by atoms with van der Waals surface area (Å²) in [5.41, 5.74) is 0.500. The van der Waals surface area contributed by atoms with Gasteiger partial charge in [0, 0.05) is 35.1 Å². The number of rotatable bonds is 5. The number of benzene rings is 1. The molecule has 1 aromatic carbocycles. The summed E-state index contributed by atoms with van der Waals surface area (Å²) in [4.78, 5) is 25.0. The van der Waals surface area contributed by atoms with Crippen molar-refractivity contribution in [1.82, 2.24) is 10.2 Å². The third-order valence-electron chi connectivity index (χ3n) is 3.57. The van der Waals surface area contributed by atoms with Gasteiger partial charge in [0.25, 0.3) is 0 Å². The highest BCUT2D eigenvalue weighted by Gasteiger charge is 2.21. The molecule has 2 rings (SSSR count). The molecule has 0 aromatic heterocycles. The van der Waals surface area contributed by atoms with Gasteiger partial charge in [-0.25, -0.2) is 0 Å². The van der Waals surface area contributed by atoms with Crippen LogP contribution in [0.25, 0.3) is 0 Å². The highest BCUT2D eigenvalue weighted by atomic mass is 35.5. The molecule has 1 unspecified atom stereocenters. The Labute approximate surface area is 139 Å². The molecule has 120 valence electrons. The molecule has 0 saturated carbocycles. The lowest BCUT2D eigenvalue weighted by molar-refractivity contribution is -0.137. The van der Waals surface area contributed by atoms with E-state index in [9.17, 15) is 14.7 Å². The number of aliphatic hydroxyl groups excluding tert-OH is 1. The molecule has 1 fully saturated rings. The maximum atomic E-state index is 11.9. The number of carbonyl (C=O) groups excluding carboxylic acids is 2. The maximum absolute atomic E-state index is 11.9. The first-order chi connectivity index (χ1) is 10.5. The van der Waals surface area contributed by atoms with E-state index in [1.165, 1.54) is 6.07 Å². The molecule has 2 amide bonds. The van der Waals surface area contributed by atoms with Crippen LogP contribution in [0.4, 0.5) is 0 Å². The summed E-state index contributed by atoms with van der Waals surface area (Å²) in [6, 6.07) is 4.78. The molecule has 0 aliphatic carbocycles. The van der Waals surface area contributed by atoms with E-state index in [1.807, 2.05) is 0 Å². The van der Waals surface area contributed by atoms with E-state index in [1.54, 1.807) is 17.0 Å². The molecule has 1 saturated heterocycles. The molecule has 0 radical (unpaired) electrons. The van der Waals surface area contributed by atoms with Crippen LogP contribution in [0.3, 0.4) is 0 Å². The van der Waals surface area contributed by atoms with Crippen LogP contribution in [0.15, 0.2) is 18.2 Å². The Kier molecular flexibility index (Phi) is 6.06. The topological polar surface area (TPSA) is 69.6 Å². The first-order valence-corrected chi connectivity index (χ1v) is 7.90. The van der Waals surface area contributed by atoms with Crippen molar-refractivity contribution in [2.45, 2.75) is 25.4 Å². The van der Waals surface area contributed by atoms with Crippen molar-refractivity contribution in [3.05, 3.63) is 33.8 Å². The number of piperidine rings is 1. The number of nitrogens with zero attached hydrogens (tertiary/aromatic N) is 1. The minimum atomic E-state index is -0.925. The number of hydrogen-bond donors (Lipinski definition) is 2. The maximum Gasteiger partial charge on any atom is 0.239 e. The average Bonchev–Trinajstić information content (AvgIpc) is 2.47. The van der Waals surface area contributed by atoms with E-state index in [0.717, 1.165) is 12.8 Å². The molecule has 22 heavy (non-hydrogen) atoms. The minimum Gasteiger partial charge on any atom is -0.387 e. The van der Waals surface area contributed by atoms with Crippen LogP contribution in [-0.4, -0.2) is 41.5 Å². The lowest BCUT2D eigenvalue weighted by atomic mass is 10.1. The summed E-state index contributed by atoms with van der Waals surface area (Å²) in [6.07, 6.45) is 1.37. The second-order valence-electron chi connectivity index (χ2n) is 5.26. The predicted molar refractivity (Wildman–Crippen MR) is 84.9 cm³/mol. The quantitative estimate of drug-likeness (QED) is 0.859. The van der Waals surface area contributed by atoms with Gasteiger partial charge in [-0.1, -0.05) is 29.3 Å². The van der Waals surface area contributed by atoms with Crippen molar-refractivity contribution in [2.24, 2.45) is 0 Å². The summed E-state index contributed by atoms with van der Waals surface area (Å²) < 4.78 is 0. The Morgan fingerprint density at radius 1 is 1.36 bits per heavy atom. The van der Waals surface area contributed by atoms with Gasteiger partial charge in [0.15, 0.2) is 0 Å². The Balaban J connectivity index is 1.83. The van der Waals surface area contributed by atoms with E-state index < -0.39 is 6.10 Å². The van der Waals surface area contributed by atoms with Crippen LogP contribution < -0.4 is 5.32 Å². The van der Waals surface area contributed by atoms with Crippen molar-refractivity contribution in [3.63, 3.8) is 0 Å². The van der Waals surface area contributed by atoms with Gasteiger partial charge in [0.1, 0.15) is 0 Å². The third-order valence-corrected chi connectivity index (χ3v) is 4.13. The van der Waals surface area contributed by atoms with Crippen LogP contribution in [-0.2, 0) is 9.59 Å². The summed E-state index contributed by atoms with van der Waals surface area (Å²) in [6.45, 7) is 0.667. The lowest BCUT2D eigenvalue weighted by Crippen LogP contribution is -2.43. The highest BCUT2D eigenvalue weighted by Crippen LogP contribution is 2.25. The number of aliphatic hydroxyl groups is 1. The van der Waals surface area contributed by atoms with Gasteiger partial charge in [-0.15, -0.1) is 0 Å². The van der Waals surface area contributed by atoms with Crippen LogP contribution in [0.2, 0.25) is 10.0 Å². The van der Waals surface area contributed by atoms with Gasteiger partial charge in [0.05, 0.1) is 12.6 Å². The zero-order valence-corrected chi connectivity index (χ0v) is 13.5. The largest absolute Gasteiger partial charge is 0.387 e. The molecule has 1 aromatic rings. The van der Waals surface area contributed by atoms with E-state index in [4.69, 9.17) is 23.2 Å². The van der Waals surface area contributed by atoms with Crippen LogP contribution in [0, 0.1) is 0 Å². The normalized spacial score (nSPS) is 16.5. The van der Waals surface area contributed by atoms with Gasteiger partial charge in [-0.05, 0) is 25.0 Å². The molecule has 0 bridgehead atoms. The molecule has 1 atom stereocenters. The van der Waals surface area contributed by atoms with Crippen LogP contribution in [0.1, 0.15) is 30.9 Å². The van der Waals surface area contributed by atoms with Crippen molar-refractivity contribution < 1.29 is 14.7 Å². The second kappa shape index (κ2) is 7.81. The average molecular weight is 345 g/mol. The Bertz CT molecular complexity index is 566. The van der Waals surface area contributed by atoms with Crippen molar-refractivity contribution in [2.75, 3.05) is 19.6 Å². The molecule has 1 aliphatic rings. The minimum absolute atomic E-state index is 0.00249. The summed E-state index contributed by atoms with van der Waals surface area (Å²) in [5, 5.41) is 13.5. The van der Waals surface area contributed by atoms with Crippen molar-refractivity contribution >= 4 is 35.0 Å². The number of carbonyl (C=O) groups is 2. The van der Waals surface area contributed by atoms with Crippen LogP contribution in [0.5, 0.6) is 0 Å². The Hall–Kier alpha value is -1.30. The van der Waals surface area contributed by atoms with Gasteiger partial charge in [0.2, 0.25) is 11.8 Å². The molecular formula is C15H18Cl2N2O3. The fourth-order valence-corrected chi connectivity index (χ4v) is 2.88. The fourth-order valence-electron chi connectivity index (χ4n) is 2.35. The molecule has 1 heterocycles. The lowest BCUT2D eigenvalue weighted by Gasteiger charge is -2.26. The molecular weight excluding hydrogens is 327 g/mol. The SMILES string of the molecule is O=C(CN1CCCCC1=O)NCC(O)c1ccc(Cl)cc1Cl. The molecule has 5 nitrogen and oxygen atoms in total. The second-order valence-corrected chi connectivity index (χ2v) is 6.10. The summed E-state index contributed by atoms with van der Waals surface area (Å²) in [7, 11) is 0. The van der Waals surface area contributed by atoms with Gasteiger partial charge >= 0.3 is 0 Å². The zero-order valence-electron chi connectivity index (χ0n) is 12.0. The number of nitrogens with one attached hydrogen (secondary N) is 1. The Morgan fingerprint density at radius 3 is 2.82 bits per heavy atom. The van der Waals surface area contributed by atoms with Crippen molar-refractivity contribution in [1.29, 1.82) is 0 Å². The number of likely N-dealkylation sites (tertiary alicyclic amines) is 1. The number of halogens is 2. The standard InChI is InChI=1S/C15H18Cl2N2O3/c16-10-4-5-11(12(17)7-10)13(20)8-18-14(21)9-19-6-2-1-3-15(19)22/h4-5,7,13,20H,1-3,6,8-9H2,(H,18,21). The summed E-state index contributed by atoms with van der Waals surface area (Å²) >= 11 is 11.8. The molecule has 7 heteroatoms. The van der Waals surface area contributed by atoms with Crippen LogP contribution >= 0.6 is 23.2 Å². The molecule has 2 N–H and O–H groups in total. The van der Waals surface area contributed by atoms with Crippen molar-refractivity contribution in [3.8, 4) is 0 Å². The number of hydrogen-bond acceptors (Lipinski definition) is 3. The fraction of sp³-hybridized carbons (Fsp3) is 0.467. The van der Waals surface area contributed by atoms with E-state index in [2.05, 4.69) is 5.32 Å². The molecule has 1 aliphatic heterocycles. The molecule has 0 spiro atoms. The van der Waals surface area contributed by atoms with Gasteiger partial charge in [-0.3, -0.25) is 9.59 Å². The van der Waals surface area contributed by atoms with E-state index >= 15 is 0 Å². The number of amides is 2. The van der Waals surface area contributed by atoms with E-state index in [0.29, 0.717) is 28.6 Å². The Morgan fingerprint density at radius 2 is 2.14 bits per heavy atom. The summed E-state index contributed by atoms with van der Waals surface area (Å²) in [5.74, 6) is -0.290. The monoisotopic (exact) mass is 344 g/mol. The smallest absolute Gasteiger partial charge is 0.239 e. The first kappa shape index (κ1) is 17.1. The van der Waals surface area contributed by atoms with E-state index in [-0.39, 0.29) is 24.9 Å². The first-order valence-electron chi connectivity index (χ1n) is 7.15. The van der Waals surface area contributed by atoms with Gasteiger partial charge < -0.3 is 15.3 Å². The highest BCUT2D eigenvalue weighted by molar-refractivity contribution is 6.35. The zero-order chi connectivity index (χ0) is 16.1. The third kappa shape index (κ3) is 4.60. The predicted octanol–water partition coefficient (Wildman–Crippen LogP) is 2.16.